The SMILES string of the molecule is C=CCN(C(C)=O)[C@@H]1[C@@H](OC(C)=O)[C@H](OC(=O)c2cc(OC)c(OC)cc2CBr)[C@@H](CO)O[C@@H]1[O-]. The number of hydrogen-bond acceptors (Lipinski definition) is 10. The maximum Gasteiger partial charge on any atom is 0.339 e. The number of halogens is 1. The smallest absolute Gasteiger partial charge is 0.339 e. The van der Waals surface area contributed by atoms with E-state index in [0.29, 0.717) is 11.3 Å². The zero-order valence-corrected chi connectivity index (χ0v) is 21.5. The van der Waals surface area contributed by atoms with Crippen molar-refractivity contribution in [3.05, 3.63) is 35.9 Å². The summed E-state index contributed by atoms with van der Waals surface area (Å²) in [5, 5.41) is 23.0. The number of aliphatic hydroxyl groups is 1. The van der Waals surface area contributed by atoms with Crippen molar-refractivity contribution in [2.45, 2.75) is 49.8 Å². The van der Waals surface area contributed by atoms with Crippen LogP contribution in [0.25, 0.3) is 0 Å². The van der Waals surface area contributed by atoms with Crippen LogP contribution in [0.3, 0.4) is 0 Å². The van der Waals surface area contributed by atoms with Crippen molar-refractivity contribution in [2.24, 2.45) is 0 Å². The van der Waals surface area contributed by atoms with Gasteiger partial charge in [-0.1, -0.05) is 22.0 Å². The number of esters is 2. The number of hydrogen-bond donors (Lipinski definition) is 1. The third-order valence-electron chi connectivity index (χ3n) is 5.40. The van der Waals surface area contributed by atoms with E-state index in [2.05, 4.69) is 22.5 Å². The monoisotopic (exact) mass is 558 g/mol. The number of nitrogens with zero attached hydrogens (tertiary/aromatic N) is 1. The molecule has 1 fully saturated rings. The maximum absolute atomic E-state index is 13.3. The van der Waals surface area contributed by atoms with Crippen molar-refractivity contribution < 1.29 is 48.3 Å². The van der Waals surface area contributed by atoms with E-state index in [1.165, 1.54) is 33.3 Å². The Bertz CT molecular complexity index is 939. The van der Waals surface area contributed by atoms with E-state index >= 15 is 0 Å². The molecule has 194 valence electrons. The van der Waals surface area contributed by atoms with Gasteiger partial charge in [-0.15, -0.1) is 6.58 Å². The Labute approximate surface area is 211 Å². The Morgan fingerprint density at radius 2 is 1.80 bits per heavy atom. The van der Waals surface area contributed by atoms with E-state index in [-0.39, 0.29) is 23.2 Å². The van der Waals surface area contributed by atoms with Gasteiger partial charge in [-0.05, 0) is 17.7 Å². The van der Waals surface area contributed by atoms with Crippen LogP contribution in [-0.4, -0.2) is 85.9 Å². The molecule has 0 saturated carbocycles. The number of rotatable bonds is 10. The Hall–Kier alpha value is -2.67. The van der Waals surface area contributed by atoms with Crippen molar-refractivity contribution in [3.63, 3.8) is 0 Å². The number of carbonyl (C=O) groups is 3. The van der Waals surface area contributed by atoms with Crippen LogP contribution in [0.5, 0.6) is 11.5 Å². The van der Waals surface area contributed by atoms with Crippen molar-refractivity contribution in [2.75, 3.05) is 27.4 Å². The number of benzene rings is 1. The first-order chi connectivity index (χ1) is 16.6. The summed E-state index contributed by atoms with van der Waals surface area (Å²) in [7, 11) is 2.86. The fraction of sp³-hybridized carbons (Fsp3) is 0.522. The largest absolute Gasteiger partial charge is 0.829 e. The Morgan fingerprint density at radius 3 is 2.29 bits per heavy atom. The minimum Gasteiger partial charge on any atom is -0.829 e. The number of aliphatic hydroxyl groups excluding tert-OH is 1. The van der Waals surface area contributed by atoms with Crippen LogP contribution in [0.2, 0.25) is 0 Å². The Balaban J connectivity index is 2.53. The summed E-state index contributed by atoms with van der Waals surface area (Å²) < 4.78 is 27.0. The molecule has 12 heteroatoms. The highest BCUT2D eigenvalue weighted by Crippen LogP contribution is 2.34. The van der Waals surface area contributed by atoms with Crippen molar-refractivity contribution in [1.29, 1.82) is 0 Å². The van der Waals surface area contributed by atoms with E-state index < -0.39 is 55.1 Å². The average Bonchev–Trinajstić information content (AvgIpc) is 2.82. The second-order valence-electron chi connectivity index (χ2n) is 7.62. The molecule has 0 spiro atoms. The second kappa shape index (κ2) is 12.9. The molecule has 11 nitrogen and oxygen atoms in total. The summed E-state index contributed by atoms with van der Waals surface area (Å²) in [4.78, 5) is 38.6. The zero-order valence-electron chi connectivity index (χ0n) is 19.9. The molecular formula is C23H29BrNO10-. The molecule has 1 heterocycles. The fourth-order valence-corrected chi connectivity index (χ4v) is 4.31. The summed E-state index contributed by atoms with van der Waals surface area (Å²) in [6.07, 6.45) is -4.64. The predicted molar refractivity (Wildman–Crippen MR) is 124 cm³/mol. The first-order valence-corrected chi connectivity index (χ1v) is 11.7. The van der Waals surface area contributed by atoms with Crippen molar-refractivity contribution in [3.8, 4) is 11.5 Å². The molecule has 1 aliphatic heterocycles. The van der Waals surface area contributed by atoms with Crippen LogP contribution in [-0.2, 0) is 29.1 Å². The summed E-state index contributed by atoms with van der Waals surface area (Å²) in [5.74, 6) is -1.48. The van der Waals surface area contributed by atoms with Gasteiger partial charge >= 0.3 is 11.9 Å². The highest BCUT2D eigenvalue weighted by atomic mass is 79.9. The lowest BCUT2D eigenvalue weighted by Gasteiger charge is -2.51. The highest BCUT2D eigenvalue weighted by Gasteiger charge is 2.49. The zero-order chi connectivity index (χ0) is 26.3. The van der Waals surface area contributed by atoms with Crippen LogP contribution in [0.15, 0.2) is 24.8 Å². The summed E-state index contributed by atoms with van der Waals surface area (Å²) in [6, 6.07) is 1.66. The summed E-state index contributed by atoms with van der Waals surface area (Å²) in [5.41, 5.74) is 0.609. The maximum atomic E-state index is 13.3. The number of carbonyl (C=O) groups excluding carboxylic acids is 3. The third-order valence-corrected chi connectivity index (χ3v) is 6.01. The van der Waals surface area contributed by atoms with Gasteiger partial charge < -0.3 is 38.8 Å². The Morgan fingerprint density at radius 1 is 1.17 bits per heavy atom. The number of methoxy groups -OCH3 is 2. The first kappa shape index (κ1) is 28.6. The quantitative estimate of drug-likeness (QED) is 0.245. The van der Waals surface area contributed by atoms with E-state index in [9.17, 15) is 24.6 Å². The molecule has 1 N–H and O–H groups in total. The number of alkyl halides is 1. The molecule has 1 aliphatic rings. The van der Waals surface area contributed by atoms with E-state index in [1.807, 2.05) is 0 Å². The van der Waals surface area contributed by atoms with Gasteiger partial charge in [0.2, 0.25) is 5.91 Å². The van der Waals surface area contributed by atoms with E-state index in [0.717, 1.165) is 11.8 Å². The number of amides is 1. The van der Waals surface area contributed by atoms with Crippen LogP contribution in [0.1, 0.15) is 29.8 Å². The topological polar surface area (TPSA) is 144 Å². The van der Waals surface area contributed by atoms with Gasteiger partial charge in [0.25, 0.3) is 0 Å². The van der Waals surface area contributed by atoms with Gasteiger partial charge in [0, 0.05) is 32.0 Å². The minimum absolute atomic E-state index is 0.0479. The van der Waals surface area contributed by atoms with Gasteiger partial charge in [0.05, 0.1) is 32.4 Å². The normalized spacial score (nSPS) is 23.7. The van der Waals surface area contributed by atoms with E-state index in [1.54, 1.807) is 6.07 Å². The molecule has 0 bridgehead atoms. The average molecular weight is 559 g/mol. The molecule has 0 aliphatic carbocycles. The Kier molecular flexibility index (Phi) is 10.5. The lowest BCUT2D eigenvalue weighted by molar-refractivity contribution is -0.524. The number of ether oxygens (including phenoxy) is 5. The van der Waals surface area contributed by atoms with Crippen molar-refractivity contribution >= 4 is 33.8 Å². The molecule has 0 radical (unpaired) electrons. The van der Waals surface area contributed by atoms with Gasteiger partial charge in [-0.25, -0.2) is 4.79 Å². The van der Waals surface area contributed by atoms with Gasteiger partial charge in [0.1, 0.15) is 6.10 Å². The molecule has 1 aromatic carbocycles. The standard InChI is InChI=1S/C23H29BrNO10/c1-6-7-25(12(2)27)19-21(33-13(3)28)20(18(11-26)34-23(19)30)35-22(29)15-9-17(32-5)16(31-4)8-14(15)10-24/h6,8-9,18-21,23,26H,1,7,10-11H2,2-5H3/q-1/t18-,19-,20-,21-,23+/m1/s1. The molecular weight excluding hydrogens is 530 g/mol. The van der Waals surface area contributed by atoms with Gasteiger partial charge in [-0.2, -0.15) is 0 Å². The van der Waals surface area contributed by atoms with Gasteiger partial charge in [0.15, 0.2) is 23.7 Å². The summed E-state index contributed by atoms with van der Waals surface area (Å²) >= 11 is 3.32. The molecule has 0 aromatic heterocycles. The molecule has 5 atom stereocenters. The third kappa shape index (κ3) is 6.51. The summed E-state index contributed by atoms with van der Waals surface area (Å²) in [6.45, 7) is 5.17. The highest BCUT2D eigenvalue weighted by molar-refractivity contribution is 9.08. The molecule has 1 amide bonds. The lowest BCUT2D eigenvalue weighted by atomic mass is 9.94. The van der Waals surface area contributed by atoms with Crippen LogP contribution in [0, 0.1) is 0 Å². The predicted octanol–water partition coefficient (Wildman–Crippen LogP) is 0.536. The van der Waals surface area contributed by atoms with Crippen LogP contribution < -0.4 is 14.6 Å². The van der Waals surface area contributed by atoms with Crippen LogP contribution >= 0.6 is 15.9 Å². The lowest BCUT2D eigenvalue weighted by Crippen LogP contribution is -2.69. The second-order valence-corrected chi connectivity index (χ2v) is 8.18. The molecule has 35 heavy (non-hydrogen) atoms. The fourth-order valence-electron chi connectivity index (χ4n) is 3.84. The first-order valence-electron chi connectivity index (χ1n) is 10.6. The van der Waals surface area contributed by atoms with Crippen LogP contribution in [0.4, 0.5) is 0 Å². The molecule has 2 rings (SSSR count). The van der Waals surface area contributed by atoms with Gasteiger partial charge in [-0.3, -0.25) is 9.59 Å². The molecule has 1 aromatic rings. The van der Waals surface area contributed by atoms with E-state index in [4.69, 9.17) is 23.7 Å². The van der Waals surface area contributed by atoms with Crippen molar-refractivity contribution in [1.82, 2.24) is 4.90 Å². The molecule has 0 unspecified atom stereocenters. The minimum atomic E-state index is -1.89. The molecule has 1 saturated heterocycles.